The zero-order valence-corrected chi connectivity index (χ0v) is 19.4. The minimum absolute atomic E-state index is 0.0326. The van der Waals surface area contributed by atoms with E-state index in [-0.39, 0.29) is 17.0 Å². The highest BCUT2D eigenvalue weighted by Gasteiger charge is 2.35. The highest BCUT2D eigenvalue weighted by atomic mass is 32.2. The monoisotopic (exact) mass is 504 g/mol. The van der Waals surface area contributed by atoms with Crippen molar-refractivity contribution in [2.75, 3.05) is 4.90 Å². The number of hydrogen-bond acceptors (Lipinski definition) is 5. The molecule has 0 aromatic heterocycles. The summed E-state index contributed by atoms with van der Waals surface area (Å²) in [6, 6.07) is 19.4. The average molecular weight is 505 g/mol. The Morgan fingerprint density at radius 3 is 2.09 bits per heavy atom. The maximum Gasteiger partial charge on any atom is 0.573 e. The third kappa shape index (κ3) is 5.08. The lowest BCUT2D eigenvalue weighted by atomic mass is 9.89. The highest BCUT2D eigenvalue weighted by Crippen LogP contribution is 2.49. The van der Waals surface area contributed by atoms with Crippen molar-refractivity contribution >= 4 is 21.4 Å². The van der Waals surface area contributed by atoms with Gasteiger partial charge in [0.25, 0.3) is 0 Å². The summed E-state index contributed by atoms with van der Waals surface area (Å²) in [4.78, 5) is 2.11. The van der Waals surface area contributed by atoms with E-state index in [9.17, 15) is 21.6 Å². The van der Waals surface area contributed by atoms with Crippen LogP contribution in [0.1, 0.15) is 25.7 Å². The Balaban J connectivity index is 1.35. The first kappa shape index (κ1) is 23.5. The lowest BCUT2D eigenvalue weighted by molar-refractivity contribution is -0.274. The van der Waals surface area contributed by atoms with Gasteiger partial charge in [-0.1, -0.05) is 24.3 Å². The molecule has 5 rings (SSSR count). The van der Waals surface area contributed by atoms with Gasteiger partial charge in [-0.25, -0.2) is 13.1 Å². The first-order chi connectivity index (χ1) is 16.7. The molecule has 1 saturated carbocycles. The van der Waals surface area contributed by atoms with Crippen LogP contribution in [-0.4, -0.2) is 26.9 Å². The van der Waals surface area contributed by atoms with Gasteiger partial charge < -0.3 is 14.4 Å². The molecule has 0 radical (unpaired) electrons. The predicted molar refractivity (Wildman–Crippen MR) is 125 cm³/mol. The smallest absolute Gasteiger partial charge is 0.453 e. The van der Waals surface area contributed by atoms with Gasteiger partial charge in [0, 0.05) is 12.1 Å². The van der Waals surface area contributed by atoms with Gasteiger partial charge in [-0.15, -0.1) is 13.2 Å². The highest BCUT2D eigenvalue weighted by molar-refractivity contribution is 7.89. The molecule has 3 aromatic carbocycles. The van der Waals surface area contributed by atoms with Crippen molar-refractivity contribution in [2.24, 2.45) is 0 Å². The number of alkyl halides is 3. The average Bonchev–Trinajstić information content (AvgIpc) is 2.81. The molecule has 3 aromatic rings. The Morgan fingerprint density at radius 2 is 1.49 bits per heavy atom. The molecule has 6 nitrogen and oxygen atoms in total. The van der Waals surface area contributed by atoms with Crippen molar-refractivity contribution < 1.29 is 31.1 Å². The van der Waals surface area contributed by atoms with Crippen molar-refractivity contribution in [3.8, 4) is 17.2 Å². The molecule has 184 valence electrons. The normalized spacial score (nSPS) is 19.9. The quantitative estimate of drug-likeness (QED) is 0.454. The molecule has 1 heterocycles. The number of nitrogens with one attached hydrogen (secondary N) is 1. The van der Waals surface area contributed by atoms with Crippen LogP contribution in [0.2, 0.25) is 0 Å². The fourth-order valence-corrected chi connectivity index (χ4v) is 6.02. The molecular formula is C25H23F3N2O4S. The van der Waals surface area contributed by atoms with Crippen molar-refractivity contribution in [3.05, 3.63) is 72.8 Å². The molecule has 1 N–H and O–H groups in total. The Kier molecular flexibility index (Phi) is 6.10. The van der Waals surface area contributed by atoms with Crippen LogP contribution in [0.25, 0.3) is 0 Å². The molecule has 0 spiro atoms. The van der Waals surface area contributed by atoms with Crippen LogP contribution in [0.15, 0.2) is 77.7 Å². The van der Waals surface area contributed by atoms with Gasteiger partial charge in [-0.3, -0.25) is 0 Å². The van der Waals surface area contributed by atoms with Crippen molar-refractivity contribution in [3.63, 3.8) is 0 Å². The number of ether oxygens (including phenoxy) is 2. The SMILES string of the molecule is O=S(=O)(N[C@H]1CCC[C@@H](N2c3ccccc3Oc3ccccc32)C1)c1ccc(OC(F)(F)F)cc1. The molecule has 1 fully saturated rings. The molecule has 2 atom stereocenters. The summed E-state index contributed by atoms with van der Waals surface area (Å²) in [7, 11) is -3.93. The van der Waals surface area contributed by atoms with Gasteiger partial charge in [0.2, 0.25) is 10.0 Å². The first-order valence-corrected chi connectivity index (χ1v) is 12.7. The molecular weight excluding hydrogens is 481 g/mol. The molecule has 2 aliphatic rings. The minimum atomic E-state index is -4.84. The van der Waals surface area contributed by atoms with Gasteiger partial charge >= 0.3 is 6.36 Å². The van der Waals surface area contributed by atoms with E-state index < -0.39 is 22.1 Å². The number of anilines is 2. The molecule has 0 unspecified atom stereocenters. The number of nitrogens with zero attached hydrogens (tertiary/aromatic N) is 1. The number of para-hydroxylation sites is 4. The predicted octanol–water partition coefficient (Wildman–Crippen LogP) is 6.12. The summed E-state index contributed by atoms with van der Waals surface area (Å²) in [5.74, 6) is 1.02. The zero-order chi connectivity index (χ0) is 24.6. The standard InChI is InChI=1S/C25H23F3N2O4S/c26-25(27,28)34-19-12-14-20(15-13-19)35(31,32)29-17-6-5-7-18(16-17)30-21-8-1-3-10-23(21)33-24-11-4-2-9-22(24)30/h1-4,8-15,17-18,29H,5-7,16H2/t17-,18+/m0/s1. The minimum Gasteiger partial charge on any atom is -0.453 e. The van der Waals surface area contributed by atoms with Gasteiger partial charge in [-0.05, 0) is 74.2 Å². The summed E-state index contributed by atoms with van der Waals surface area (Å²) in [5, 5.41) is 0. The largest absolute Gasteiger partial charge is 0.573 e. The maximum absolute atomic E-state index is 13.0. The van der Waals surface area contributed by atoms with Gasteiger partial charge in [0.15, 0.2) is 11.5 Å². The lowest BCUT2D eigenvalue weighted by Gasteiger charge is -2.42. The van der Waals surface area contributed by atoms with Crippen LogP contribution in [0.4, 0.5) is 24.5 Å². The van der Waals surface area contributed by atoms with E-state index >= 15 is 0 Å². The van der Waals surface area contributed by atoms with Gasteiger partial charge in [0.05, 0.1) is 16.3 Å². The van der Waals surface area contributed by atoms with Crippen molar-refractivity contribution in [2.45, 2.75) is 49.0 Å². The molecule has 0 saturated heterocycles. The third-order valence-electron chi connectivity index (χ3n) is 6.17. The van der Waals surface area contributed by atoms with Crippen molar-refractivity contribution in [1.29, 1.82) is 0 Å². The fourth-order valence-electron chi connectivity index (χ4n) is 4.74. The van der Waals surface area contributed by atoms with Gasteiger partial charge in [0.1, 0.15) is 5.75 Å². The summed E-state index contributed by atoms with van der Waals surface area (Å²) < 4.78 is 75.8. The third-order valence-corrected chi connectivity index (χ3v) is 7.71. The van der Waals surface area contributed by atoms with Crippen molar-refractivity contribution in [1.82, 2.24) is 4.72 Å². The Morgan fingerprint density at radius 1 is 0.886 bits per heavy atom. The molecule has 0 bridgehead atoms. The Bertz CT molecular complexity index is 1270. The van der Waals surface area contributed by atoms with Crippen LogP contribution in [-0.2, 0) is 10.0 Å². The maximum atomic E-state index is 13.0. The Labute approximate surface area is 201 Å². The van der Waals surface area contributed by atoms with E-state index in [1.165, 1.54) is 0 Å². The number of benzene rings is 3. The lowest BCUT2D eigenvalue weighted by Crippen LogP contribution is -2.45. The van der Waals surface area contributed by atoms with E-state index in [0.717, 1.165) is 60.0 Å². The zero-order valence-electron chi connectivity index (χ0n) is 18.5. The van der Waals surface area contributed by atoms with Gasteiger partial charge in [-0.2, -0.15) is 0 Å². The van der Waals surface area contributed by atoms with Crippen LogP contribution >= 0.6 is 0 Å². The van der Waals surface area contributed by atoms with Crippen LogP contribution < -0.4 is 19.1 Å². The van der Waals surface area contributed by atoms with Crippen LogP contribution in [0.3, 0.4) is 0 Å². The van der Waals surface area contributed by atoms with Crippen LogP contribution in [0, 0.1) is 0 Å². The number of halogens is 3. The summed E-state index contributed by atoms with van der Waals surface area (Å²) in [6.07, 6.45) is -1.91. The second-order valence-electron chi connectivity index (χ2n) is 8.57. The summed E-state index contributed by atoms with van der Waals surface area (Å²) in [5.41, 5.74) is 1.86. The molecule has 10 heteroatoms. The number of sulfonamides is 1. The number of hydrogen-bond donors (Lipinski definition) is 1. The van der Waals surface area contributed by atoms with E-state index in [2.05, 4.69) is 14.4 Å². The van der Waals surface area contributed by atoms with E-state index in [4.69, 9.17) is 4.74 Å². The Hall–Kier alpha value is -3.24. The first-order valence-electron chi connectivity index (χ1n) is 11.2. The summed E-state index contributed by atoms with van der Waals surface area (Å²) >= 11 is 0. The molecule has 35 heavy (non-hydrogen) atoms. The number of fused-ring (bicyclic) bond motifs is 2. The second kappa shape index (κ2) is 9.09. The van der Waals surface area contributed by atoms with E-state index in [1.54, 1.807) is 0 Å². The molecule has 0 amide bonds. The molecule has 1 aliphatic heterocycles. The summed E-state index contributed by atoms with van der Waals surface area (Å²) in [6.45, 7) is 0. The number of rotatable bonds is 5. The molecule has 1 aliphatic carbocycles. The van der Waals surface area contributed by atoms with Crippen LogP contribution in [0.5, 0.6) is 17.2 Å². The van der Waals surface area contributed by atoms with E-state index in [0.29, 0.717) is 12.8 Å². The topological polar surface area (TPSA) is 67.9 Å². The fraction of sp³-hybridized carbons (Fsp3) is 0.280. The second-order valence-corrected chi connectivity index (χ2v) is 10.3. The van der Waals surface area contributed by atoms with E-state index in [1.807, 2.05) is 48.5 Å².